The van der Waals surface area contributed by atoms with Crippen molar-refractivity contribution in [2.24, 2.45) is 0 Å². The molecule has 0 aliphatic carbocycles. The van der Waals surface area contributed by atoms with Crippen LogP contribution in [0.5, 0.6) is 5.75 Å². The second-order valence-electron chi connectivity index (χ2n) is 4.36. The highest BCUT2D eigenvalue weighted by atomic mass is 35.5. The molecule has 1 aromatic carbocycles. The number of halogens is 3. The maximum Gasteiger partial charge on any atom is 0.320 e. The Hall–Kier alpha value is -1.66. The van der Waals surface area contributed by atoms with Crippen LogP contribution in [0.2, 0.25) is 5.02 Å². The molecule has 0 aliphatic heterocycles. The van der Waals surface area contributed by atoms with Crippen molar-refractivity contribution < 1.29 is 13.5 Å². The largest absolute Gasteiger partial charge is 0.484 e. The lowest BCUT2D eigenvalue weighted by Crippen LogP contribution is -2.11. The maximum absolute atomic E-state index is 12.7. The van der Waals surface area contributed by atoms with Crippen LogP contribution in [0.15, 0.2) is 30.6 Å². The van der Waals surface area contributed by atoms with Crippen LogP contribution in [-0.4, -0.2) is 16.1 Å². The van der Waals surface area contributed by atoms with E-state index in [1.54, 1.807) is 12.1 Å². The van der Waals surface area contributed by atoms with Gasteiger partial charge in [-0.15, -0.1) is 0 Å². The predicted molar refractivity (Wildman–Crippen MR) is 76.6 cm³/mol. The Labute approximate surface area is 126 Å². The van der Waals surface area contributed by atoms with Gasteiger partial charge in [-0.3, -0.25) is 4.57 Å². The summed E-state index contributed by atoms with van der Waals surface area (Å²) < 4.78 is 31.6. The van der Waals surface area contributed by atoms with Crippen molar-refractivity contribution in [3.8, 4) is 5.75 Å². The molecule has 1 N–H and O–H groups in total. The fourth-order valence-electron chi connectivity index (χ4n) is 1.82. The topological polar surface area (TPSA) is 39.1 Å². The molecule has 0 aliphatic rings. The number of hydrogen-bond donors (Lipinski definition) is 1. The second-order valence-corrected chi connectivity index (χ2v) is 4.77. The van der Waals surface area contributed by atoms with E-state index in [2.05, 4.69) is 10.3 Å². The summed E-state index contributed by atoms with van der Waals surface area (Å²) in [5.74, 6) is 0.596. The van der Waals surface area contributed by atoms with Crippen molar-refractivity contribution in [1.29, 1.82) is 0 Å². The summed E-state index contributed by atoms with van der Waals surface area (Å²) in [4.78, 5) is 3.85. The van der Waals surface area contributed by atoms with E-state index in [1.807, 2.05) is 13.0 Å². The van der Waals surface area contributed by atoms with Crippen LogP contribution < -0.4 is 10.1 Å². The van der Waals surface area contributed by atoms with Crippen LogP contribution in [0.3, 0.4) is 0 Å². The maximum atomic E-state index is 12.7. The molecule has 2 rings (SSSR count). The standard InChI is InChI=1S/C14H16ClF2N3O/c1-2-18-8-10-3-4-12(11(15)7-10)21-9-13-19-5-6-20(13)14(16)17/h3-7,14,18H,2,8-9H2,1H3. The summed E-state index contributed by atoms with van der Waals surface area (Å²) in [6, 6.07) is 5.40. The first kappa shape index (κ1) is 15.7. The highest BCUT2D eigenvalue weighted by molar-refractivity contribution is 6.32. The van der Waals surface area contributed by atoms with Gasteiger partial charge in [0.05, 0.1) is 5.02 Å². The van der Waals surface area contributed by atoms with Gasteiger partial charge < -0.3 is 10.1 Å². The molecule has 114 valence electrons. The van der Waals surface area contributed by atoms with Crippen LogP contribution in [0, 0.1) is 0 Å². The Morgan fingerprint density at radius 2 is 2.24 bits per heavy atom. The first-order valence-corrected chi connectivity index (χ1v) is 6.91. The minimum Gasteiger partial charge on any atom is -0.484 e. The van der Waals surface area contributed by atoms with Crippen LogP contribution in [0.4, 0.5) is 8.78 Å². The number of ether oxygens (including phenoxy) is 1. The van der Waals surface area contributed by atoms with Gasteiger partial charge in [-0.25, -0.2) is 4.98 Å². The molecule has 1 heterocycles. The number of benzene rings is 1. The Morgan fingerprint density at radius 1 is 1.43 bits per heavy atom. The average Bonchev–Trinajstić information content (AvgIpc) is 2.92. The lowest BCUT2D eigenvalue weighted by Gasteiger charge is -2.11. The fourth-order valence-corrected chi connectivity index (χ4v) is 2.07. The van der Waals surface area contributed by atoms with E-state index in [4.69, 9.17) is 16.3 Å². The zero-order valence-electron chi connectivity index (χ0n) is 11.5. The molecule has 2 aromatic rings. The summed E-state index contributed by atoms with van der Waals surface area (Å²) in [6.07, 6.45) is 2.52. The zero-order valence-corrected chi connectivity index (χ0v) is 12.3. The smallest absolute Gasteiger partial charge is 0.320 e. The Bertz CT molecular complexity index is 589. The third-order valence-electron chi connectivity index (χ3n) is 2.89. The van der Waals surface area contributed by atoms with Gasteiger partial charge in [-0.2, -0.15) is 8.78 Å². The van der Waals surface area contributed by atoms with Gasteiger partial charge >= 0.3 is 6.55 Å². The Kier molecular flexibility index (Phi) is 5.52. The number of imidazole rings is 1. The molecule has 0 bridgehead atoms. The Morgan fingerprint density at radius 3 is 2.90 bits per heavy atom. The molecule has 0 amide bonds. The third-order valence-corrected chi connectivity index (χ3v) is 3.19. The fraction of sp³-hybridized carbons (Fsp3) is 0.357. The molecule has 4 nitrogen and oxygen atoms in total. The SMILES string of the molecule is CCNCc1ccc(OCc2nccn2C(F)F)c(Cl)c1. The summed E-state index contributed by atoms with van der Waals surface area (Å²) in [5, 5.41) is 3.63. The van der Waals surface area contributed by atoms with Crippen molar-refractivity contribution in [3.05, 3.63) is 47.0 Å². The molecule has 0 fully saturated rings. The van der Waals surface area contributed by atoms with Gasteiger partial charge in [0.15, 0.2) is 5.82 Å². The lowest BCUT2D eigenvalue weighted by molar-refractivity contribution is 0.0632. The number of alkyl halides is 2. The van der Waals surface area contributed by atoms with Crippen LogP contribution in [0.1, 0.15) is 24.9 Å². The Balaban J connectivity index is 2.01. The van der Waals surface area contributed by atoms with Crippen molar-refractivity contribution in [2.45, 2.75) is 26.6 Å². The van der Waals surface area contributed by atoms with Crippen molar-refractivity contribution in [2.75, 3.05) is 6.54 Å². The van der Waals surface area contributed by atoms with Crippen LogP contribution in [0.25, 0.3) is 0 Å². The van der Waals surface area contributed by atoms with E-state index < -0.39 is 6.55 Å². The lowest BCUT2D eigenvalue weighted by atomic mass is 10.2. The van der Waals surface area contributed by atoms with E-state index in [-0.39, 0.29) is 12.4 Å². The summed E-state index contributed by atoms with van der Waals surface area (Å²) >= 11 is 6.12. The monoisotopic (exact) mass is 315 g/mol. The molecule has 21 heavy (non-hydrogen) atoms. The minimum absolute atomic E-state index is 0.0659. The van der Waals surface area contributed by atoms with Crippen molar-refractivity contribution >= 4 is 11.6 Å². The number of rotatable bonds is 7. The number of nitrogens with zero attached hydrogens (tertiary/aromatic N) is 2. The summed E-state index contributed by atoms with van der Waals surface area (Å²) in [7, 11) is 0. The highest BCUT2D eigenvalue weighted by Gasteiger charge is 2.12. The van der Waals surface area contributed by atoms with Crippen molar-refractivity contribution in [3.63, 3.8) is 0 Å². The molecule has 0 radical (unpaired) electrons. The van der Waals surface area contributed by atoms with Gasteiger partial charge in [0.2, 0.25) is 0 Å². The highest BCUT2D eigenvalue weighted by Crippen LogP contribution is 2.26. The predicted octanol–water partition coefficient (Wildman–Crippen LogP) is 3.62. The van der Waals surface area contributed by atoms with Crippen molar-refractivity contribution in [1.82, 2.24) is 14.9 Å². The average molecular weight is 316 g/mol. The minimum atomic E-state index is -2.64. The van der Waals surface area contributed by atoms with Gasteiger partial charge in [-0.1, -0.05) is 24.6 Å². The van der Waals surface area contributed by atoms with E-state index >= 15 is 0 Å². The molecule has 0 unspecified atom stereocenters. The van der Waals surface area contributed by atoms with Crippen LogP contribution >= 0.6 is 11.6 Å². The molecular formula is C14H16ClF2N3O. The molecular weight excluding hydrogens is 300 g/mol. The van der Waals surface area contributed by atoms with E-state index in [0.717, 1.165) is 16.7 Å². The van der Waals surface area contributed by atoms with E-state index in [0.29, 0.717) is 17.3 Å². The molecule has 0 saturated carbocycles. The number of nitrogens with one attached hydrogen (secondary N) is 1. The molecule has 0 atom stereocenters. The van der Waals surface area contributed by atoms with Gasteiger partial charge in [0, 0.05) is 18.9 Å². The van der Waals surface area contributed by atoms with Gasteiger partial charge in [0.1, 0.15) is 12.4 Å². The first-order chi connectivity index (χ1) is 10.1. The van der Waals surface area contributed by atoms with E-state index in [9.17, 15) is 8.78 Å². The number of hydrogen-bond acceptors (Lipinski definition) is 3. The molecule has 0 spiro atoms. The van der Waals surface area contributed by atoms with Gasteiger partial charge in [-0.05, 0) is 24.2 Å². The quantitative estimate of drug-likeness (QED) is 0.848. The zero-order chi connectivity index (χ0) is 15.2. The van der Waals surface area contributed by atoms with Crippen LogP contribution in [-0.2, 0) is 13.2 Å². The first-order valence-electron chi connectivity index (χ1n) is 6.53. The third kappa shape index (κ3) is 4.15. The molecule has 1 aromatic heterocycles. The van der Waals surface area contributed by atoms with Gasteiger partial charge in [0.25, 0.3) is 0 Å². The molecule has 7 heteroatoms. The second kappa shape index (κ2) is 7.38. The van der Waals surface area contributed by atoms with E-state index in [1.165, 1.54) is 12.4 Å². The summed E-state index contributed by atoms with van der Waals surface area (Å²) in [5.41, 5.74) is 1.03. The molecule has 0 saturated heterocycles. The normalized spacial score (nSPS) is 11.1. The summed E-state index contributed by atoms with van der Waals surface area (Å²) in [6.45, 7) is 0.899. The number of aromatic nitrogens is 2.